The van der Waals surface area contributed by atoms with E-state index in [1.54, 1.807) is 32.6 Å². The predicted octanol–water partition coefficient (Wildman–Crippen LogP) is 4.10. The molecule has 0 aliphatic carbocycles. The molecule has 0 spiro atoms. The number of benzene rings is 2. The second kappa shape index (κ2) is 9.59. The van der Waals surface area contributed by atoms with E-state index in [1.807, 2.05) is 25.1 Å². The van der Waals surface area contributed by atoms with E-state index in [-0.39, 0.29) is 12.5 Å². The number of carbonyl (C=O) groups is 1. The molecule has 0 atom stereocenters. The Kier molecular flexibility index (Phi) is 7.47. The summed E-state index contributed by atoms with van der Waals surface area (Å²) in [6, 6.07) is 9.20. The lowest BCUT2D eigenvalue weighted by molar-refractivity contribution is -0.119. The molecule has 0 saturated carbocycles. The lowest BCUT2D eigenvalue weighted by Crippen LogP contribution is -2.25. The molecule has 0 fully saturated rings. The first-order valence-corrected chi connectivity index (χ1v) is 9.26. The minimum absolute atomic E-state index is 0.102. The molecule has 0 heterocycles. The van der Waals surface area contributed by atoms with Gasteiger partial charge in [-0.3, -0.25) is 4.79 Å². The van der Waals surface area contributed by atoms with Crippen LogP contribution in [0.2, 0.25) is 0 Å². The fourth-order valence-corrected chi connectivity index (χ4v) is 3.27. The molecule has 0 aliphatic heterocycles. The zero-order valence-electron chi connectivity index (χ0n) is 14.6. The zero-order chi connectivity index (χ0) is 19.1. The third kappa shape index (κ3) is 5.47. The SMILES string of the molecule is COc1ccc(C=NNC(=O)CNc2cc(Br)c(C)c(Br)c2)cc1OC. The Bertz CT molecular complexity index is 802. The van der Waals surface area contributed by atoms with Crippen LogP contribution in [0.1, 0.15) is 11.1 Å². The van der Waals surface area contributed by atoms with E-state index in [4.69, 9.17) is 9.47 Å². The lowest BCUT2D eigenvalue weighted by atomic mass is 10.2. The van der Waals surface area contributed by atoms with E-state index >= 15 is 0 Å². The Labute approximate surface area is 169 Å². The summed E-state index contributed by atoms with van der Waals surface area (Å²) in [5.41, 5.74) is 5.18. The molecule has 2 aromatic rings. The van der Waals surface area contributed by atoms with Crippen LogP contribution in [0.4, 0.5) is 5.69 Å². The van der Waals surface area contributed by atoms with Gasteiger partial charge < -0.3 is 14.8 Å². The van der Waals surface area contributed by atoms with Crippen LogP contribution >= 0.6 is 31.9 Å². The molecule has 2 rings (SSSR count). The third-order valence-electron chi connectivity index (χ3n) is 3.54. The summed E-state index contributed by atoms with van der Waals surface area (Å²) in [7, 11) is 3.14. The van der Waals surface area contributed by atoms with E-state index < -0.39 is 0 Å². The zero-order valence-corrected chi connectivity index (χ0v) is 17.8. The van der Waals surface area contributed by atoms with Crippen LogP contribution in [-0.2, 0) is 4.79 Å². The van der Waals surface area contributed by atoms with Crippen LogP contribution in [0.3, 0.4) is 0 Å². The number of amides is 1. The van der Waals surface area contributed by atoms with Gasteiger partial charge in [0.25, 0.3) is 5.91 Å². The van der Waals surface area contributed by atoms with E-state index in [0.29, 0.717) is 11.5 Å². The van der Waals surface area contributed by atoms with Crippen LogP contribution in [0.15, 0.2) is 44.4 Å². The molecule has 2 aromatic carbocycles. The van der Waals surface area contributed by atoms with Gasteiger partial charge in [-0.2, -0.15) is 5.10 Å². The van der Waals surface area contributed by atoms with Crippen LogP contribution in [0.25, 0.3) is 0 Å². The molecule has 1 amide bonds. The Morgan fingerprint density at radius 2 is 1.77 bits per heavy atom. The fourth-order valence-electron chi connectivity index (χ4n) is 2.08. The van der Waals surface area contributed by atoms with Gasteiger partial charge in [0.2, 0.25) is 0 Å². The number of halogens is 2. The molecule has 0 saturated heterocycles. The first kappa shape index (κ1) is 20.3. The molecule has 0 aliphatic rings. The van der Waals surface area contributed by atoms with Gasteiger partial charge in [-0.05, 0) is 48.4 Å². The van der Waals surface area contributed by atoms with Crippen LogP contribution in [0, 0.1) is 6.92 Å². The molecule has 0 radical (unpaired) electrons. The molecule has 0 bridgehead atoms. The van der Waals surface area contributed by atoms with Crippen molar-refractivity contribution in [3.05, 3.63) is 50.4 Å². The molecule has 6 nitrogen and oxygen atoms in total. The number of hydrazone groups is 1. The number of anilines is 1. The minimum Gasteiger partial charge on any atom is -0.493 e. The molecule has 0 aromatic heterocycles. The van der Waals surface area contributed by atoms with Crippen molar-refractivity contribution in [3.63, 3.8) is 0 Å². The average Bonchev–Trinajstić information content (AvgIpc) is 2.64. The quantitative estimate of drug-likeness (QED) is 0.458. The highest BCUT2D eigenvalue weighted by molar-refractivity contribution is 9.11. The monoisotopic (exact) mass is 483 g/mol. The van der Waals surface area contributed by atoms with Crippen molar-refractivity contribution in [2.75, 3.05) is 26.1 Å². The van der Waals surface area contributed by atoms with Gasteiger partial charge in [-0.1, -0.05) is 31.9 Å². The number of ether oxygens (including phenoxy) is 2. The van der Waals surface area contributed by atoms with Gasteiger partial charge in [0.05, 0.1) is 27.0 Å². The number of carbonyl (C=O) groups excluding carboxylic acids is 1. The second-order valence-corrected chi connectivity index (χ2v) is 7.03. The summed E-state index contributed by atoms with van der Waals surface area (Å²) >= 11 is 6.96. The average molecular weight is 485 g/mol. The van der Waals surface area contributed by atoms with E-state index in [1.165, 1.54) is 0 Å². The highest BCUT2D eigenvalue weighted by atomic mass is 79.9. The van der Waals surface area contributed by atoms with Crippen molar-refractivity contribution in [3.8, 4) is 11.5 Å². The Balaban J connectivity index is 1.89. The molecule has 2 N–H and O–H groups in total. The maximum atomic E-state index is 11.9. The predicted molar refractivity (Wildman–Crippen MR) is 110 cm³/mol. The number of hydrogen-bond donors (Lipinski definition) is 2. The number of rotatable bonds is 7. The molecular formula is C18H19Br2N3O3. The number of nitrogens with one attached hydrogen (secondary N) is 2. The van der Waals surface area contributed by atoms with Gasteiger partial charge in [0, 0.05) is 14.6 Å². The van der Waals surface area contributed by atoms with Crippen molar-refractivity contribution in [1.82, 2.24) is 5.43 Å². The smallest absolute Gasteiger partial charge is 0.259 e. The lowest BCUT2D eigenvalue weighted by Gasteiger charge is -2.09. The van der Waals surface area contributed by atoms with Crippen molar-refractivity contribution in [1.29, 1.82) is 0 Å². The van der Waals surface area contributed by atoms with Gasteiger partial charge >= 0.3 is 0 Å². The van der Waals surface area contributed by atoms with Gasteiger partial charge in [0.15, 0.2) is 11.5 Å². The van der Waals surface area contributed by atoms with Crippen LogP contribution < -0.4 is 20.2 Å². The molecule has 0 unspecified atom stereocenters. The second-order valence-electron chi connectivity index (χ2n) is 5.33. The maximum Gasteiger partial charge on any atom is 0.259 e. The van der Waals surface area contributed by atoms with Crippen molar-refractivity contribution < 1.29 is 14.3 Å². The van der Waals surface area contributed by atoms with Gasteiger partial charge in [-0.25, -0.2) is 5.43 Å². The Morgan fingerprint density at radius 1 is 1.12 bits per heavy atom. The Hall–Kier alpha value is -2.06. The summed E-state index contributed by atoms with van der Waals surface area (Å²) in [6.45, 7) is 2.10. The van der Waals surface area contributed by atoms with E-state index in [0.717, 1.165) is 25.8 Å². The highest BCUT2D eigenvalue weighted by Gasteiger charge is 2.06. The minimum atomic E-state index is -0.255. The van der Waals surface area contributed by atoms with E-state index in [2.05, 4.69) is 47.7 Å². The summed E-state index contributed by atoms with van der Waals surface area (Å²) < 4.78 is 12.3. The van der Waals surface area contributed by atoms with Gasteiger partial charge in [-0.15, -0.1) is 0 Å². The number of methoxy groups -OCH3 is 2. The van der Waals surface area contributed by atoms with Crippen molar-refractivity contribution >= 4 is 49.7 Å². The highest BCUT2D eigenvalue weighted by Crippen LogP contribution is 2.29. The van der Waals surface area contributed by atoms with E-state index in [9.17, 15) is 4.79 Å². The number of hydrogen-bond acceptors (Lipinski definition) is 5. The first-order chi connectivity index (χ1) is 12.4. The van der Waals surface area contributed by atoms with Crippen molar-refractivity contribution in [2.24, 2.45) is 5.10 Å². The number of nitrogens with zero attached hydrogens (tertiary/aromatic N) is 1. The van der Waals surface area contributed by atoms with Gasteiger partial charge in [0.1, 0.15) is 0 Å². The maximum absolute atomic E-state index is 11.9. The molecule has 26 heavy (non-hydrogen) atoms. The molecule has 138 valence electrons. The standard InChI is InChI=1S/C18H19Br2N3O3/c1-11-14(19)7-13(8-15(11)20)21-10-18(24)23-22-9-12-4-5-16(25-2)17(6-12)26-3/h4-9,21H,10H2,1-3H3,(H,23,24). The topological polar surface area (TPSA) is 72.0 Å². The molecule has 8 heteroatoms. The third-order valence-corrected chi connectivity index (χ3v) is 5.19. The fraction of sp³-hybridized carbons (Fsp3) is 0.222. The summed E-state index contributed by atoms with van der Waals surface area (Å²) in [5.74, 6) is 0.975. The van der Waals surface area contributed by atoms with Crippen LogP contribution in [-0.4, -0.2) is 32.9 Å². The summed E-state index contributed by atoms with van der Waals surface area (Å²) in [4.78, 5) is 11.9. The summed E-state index contributed by atoms with van der Waals surface area (Å²) in [6.07, 6.45) is 1.54. The van der Waals surface area contributed by atoms with Crippen molar-refractivity contribution in [2.45, 2.75) is 6.92 Å². The summed E-state index contributed by atoms with van der Waals surface area (Å²) in [5, 5.41) is 7.01. The molecular weight excluding hydrogens is 466 g/mol. The first-order valence-electron chi connectivity index (χ1n) is 7.68. The Morgan fingerprint density at radius 3 is 2.38 bits per heavy atom. The largest absolute Gasteiger partial charge is 0.493 e. The van der Waals surface area contributed by atoms with Crippen LogP contribution in [0.5, 0.6) is 11.5 Å². The normalized spacial score (nSPS) is 10.7.